The van der Waals surface area contributed by atoms with Crippen molar-refractivity contribution in [2.45, 2.75) is 26.2 Å². The second-order valence-corrected chi connectivity index (χ2v) is 4.49. The summed E-state index contributed by atoms with van der Waals surface area (Å²) in [6.45, 7) is 4.25. The lowest BCUT2D eigenvalue weighted by Gasteiger charge is -2.23. The molecule has 0 spiro atoms. The molecule has 0 bridgehead atoms. The first-order valence-electron chi connectivity index (χ1n) is 5.71. The average Bonchev–Trinajstić information content (AvgIpc) is 2.24. The molecule has 3 heteroatoms. The van der Waals surface area contributed by atoms with Crippen LogP contribution in [0.2, 0.25) is 0 Å². The number of piperidine rings is 1. The molecular formula is C13H19ClFN. The Morgan fingerprint density at radius 1 is 1.44 bits per heavy atom. The smallest absolute Gasteiger partial charge is 0.123 e. The Bertz CT molecular complexity index is 335. The Balaban J connectivity index is 0.00000128. The van der Waals surface area contributed by atoms with Crippen molar-refractivity contribution >= 4 is 12.4 Å². The fourth-order valence-electron chi connectivity index (χ4n) is 2.30. The molecule has 0 unspecified atom stereocenters. The van der Waals surface area contributed by atoms with Crippen LogP contribution in [0.25, 0.3) is 0 Å². The zero-order chi connectivity index (χ0) is 10.7. The summed E-state index contributed by atoms with van der Waals surface area (Å²) in [5.41, 5.74) is 2.38. The lowest BCUT2D eigenvalue weighted by atomic mass is 9.90. The molecule has 1 atom stereocenters. The van der Waals surface area contributed by atoms with Gasteiger partial charge in [-0.15, -0.1) is 12.4 Å². The van der Waals surface area contributed by atoms with Crippen LogP contribution in [0.1, 0.15) is 24.0 Å². The molecule has 1 saturated heterocycles. The molecule has 1 aliphatic heterocycles. The van der Waals surface area contributed by atoms with Crippen molar-refractivity contribution in [1.82, 2.24) is 5.32 Å². The quantitative estimate of drug-likeness (QED) is 0.842. The molecule has 0 amide bonds. The second kappa shape index (κ2) is 6.21. The second-order valence-electron chi connectivity index (χ2n) is 4.49. The summed E-state index contributed by atoms with van der Waals surface area (Å²) in [7, 11) is 0. The van der Waals surface area contributed by atoms with E-state index in [0.717, 1.165) is 31.0 Å². The van der Waals surface area contributed by atoms with Crippen LogP contribution in [0.4, 0.5) is 4.39 Å². The molecule has 1 aromatic carbocycles. The van der Waals surface area contributed by atoms with Crippen LogP contribution < -0.4 is 5.32 Å². The Morgan fingerprint density at radius 3 is 2.88 bits per heavy atom. The average molecular weight is 244 g/mol. The van der Waals surface area contributed by atoms with E-state index in [1.807, 2.05) is 13.0 Å². The molecule has 16 heavy (non-hydrogen) atoms. The van der Waals surface area contributed by atoms with Crippen LogP contribution in [-0.4, -0.2) is 13.1 Å². The highest BCUT2D eigenvalue weighted by molar-refractivity contribution is 5.85. The van der Waals surface area contributed by atoms with Gasteiger partial charge in [0.1, 0.15) is 5.82 Å². The van der Waals surface area contributed by atoms with Crippen LogP contribution >= 0.6 is 12.4 Å². The number of nitrogens with one attached hydrogen (secondary N) is 1. The highest BCUT2D eigenvalue weighted by Gasteiger charge is 2.14. The molecule has 2 rings (SSSR count). The predicted molar refractivity (Wildman–Crippen MR) is 67.7 cm³/mol. The lowest BCUT2D eigenvalue weighted by Crippen LogP contribution is -2.30. The van der Waals surface area contributed by atoms with Gasteiger partial charge in [-0.3, -0.25) is 0 Å². The maximum absolute atomic E-state index is 12.9. The van der Waals surface area contributed by atoms with Crippen molar-refractivity contribution in [3.63, 3.8) is 0 Å². The minimum absolute atomic E-state index is 0. The van der Waals surface area contributed by atoms with Crippen molar-refractivity contribution in [2.24, 2.45) is 5.92 Å². The van der Waals surface area contributed by atoms with E-state index in [1.165, 1.54) is 18.4 Å². The first-order chi connectivity index (χ1) is 7.25. The third-order valence-corrected chi connectivity index (χ3v) is 3.21. The topological polar surface area (TPSA) is 12.0 Å². The Labute approximate surface area is 103 Å². The van der Waals surface area contributed by atoms with Gasteiger partial charge < -0.3 is 5.32 Å². The Morgan fingerprint density at radius 2 is 2.25 bits per heavy atom. The van der Waals surface area contributed by atoms with Crippen molar-refractivity contribution in [1.29, 1.82) is 0 Å². The van der Waals surface area contributed by atoms with Gasteiger partial charge in [-0.1, -0.05) is 6.07 Å². The molecule has 0 aromatic heterocycles. The van der Waals surface area contributed by atoms with E-state index in [-0.39, 0.29) is 18.2 Å². The van der Waals surface area contributed by atoms with E-state index < -0.39 is 0 Å². The van der Waals surface area contributed by atoms with Crippen molar-refractivity contribution < 1.29 is 4.39 Å². The summed E-state index contributed by atoms with van der Waals surface area (Å²) in [5.74, 6) is 0.598. The molecular weight excluding hydrogens is 225 g/mol. The molecule has 0 radical (unpaired) electrons. The van der Waals surface area contributed by atoms with E-state index in [2.05, 4.69) is 5.32 Å². The van der Waals surface area contributed by atoms with Crippen molar-refractivity contribution in [2.75, 3.05) is 13.1 Å². The van der Waals surface area contributed by atoms with E-state index in [0.29, 0.717) is 0 Å². The van der Waals surface area contributed by atoms with Crippen LogP contribution in [0.3, 0.4) is 0 Å². The fraction of sp³-hybridized carbons (Fsp3) is 0.538. The molecule has 1 N–H and O–H groups in total. The van der Waals surface area contributed by atoms with Gasteiger partial charge in [0.25, 0.3) is 0 Å². The molecule has 1 aliphatic rings. The Hall–Kier alpha value is -0.600. The van der Waals surface area contributed by atoms with Gasteiger partial charge in [0.15, 0.2) is 0 Å². The maximum atomic E-state index is 12.9. The number of halogens is 2. The van der Waals surface area contributed by atoms with Gasteiger partial charge in [-0.2, -0.15) is 0 Å². The number of hydrogen-bond acceptors (Lipinski definition) is 1. The van der Waals surface area contributed by atoms with Crippen LogP contribution in [-0.2, 0) is 6.42 Å². The highest BCUT2D eigenvalue weighted by atomic mass is 35.5. The summed E-state index contributed by atoms with van der Waals surface area (Å²) in [5, 5.41) is 3.41. The van der Waals surface area contributed by atoms with Gasteiger partial charge in [0.05, 0.1) is 0 Å². The lowest BCUT2D eigenvalue weighted by molar-refractivity contribution is 0.375. The van der Waals surface area contributed by atoms with Crippen molar-refractivity contribution in [3.8, 4) is 0 Å². The summed E-state index contributed by atoms with van der Waals surface area (Å²) in [6.07, 6.45) is 3.65. The number of benzene rings is 1. The van der Waals surface area contributed by atoms with Gasteiger partial charge in [-0.25, -0.2) is 4.39 Å². The van der Waals surface area contributed by atoms with Gasteiger partial charge in [-0.05, 0) is 68.5 Å². The minimum atomic E-state index is -0.127. The largest absolute Gasteiger partial charge is 0.316 e. The van der Waals surface area contributed by atoms with E-state index in [9.17, 15) is 4.39 Å². The minimum Gasteiger partial charge on any atom is -0.316 e. The summed E-state index contributed by atoms with van der Waals surface area (Å²) in [6, 6.07) is 5.13. The third-order valence-electron chi connectivity index (χ3n) is 3.21. The number of aryl methyl sites for hydroxylation is 1. The molecule has 90 valence electrons. The fourth-order valence-corrected chi connectivity index (χ4v) is 2.30. The molecule has 1 nitrogen and oxygen atoms in total. The standard InChI is InChI=1S/C13H18FN.ClH/c1-10-7-13(14)5-4-12(10)8-11-3-2-6-15-9-11;/h4-5,7,11,15H,2-3,6,8-9H2,1H3;1H/t11-;/m1./s1. The monoisotopic (exact) mass is 243 g/mol. The highest BCUT2D eigenvalue weighted by Crippen LogP contribution is 2.19. The van der Waals surface area contributed by atoms with E-state index >= 15 is 0 Å². The third kappa shape index (κ3) is 3.46. The normalized spacial score (nSPS) is 20.2. The van der Waals surface area contributed by atoms with E-state index in [1.54, 1.807) is 12.1 Å². The van der Waals surface area contributed by atoms with Crippen LogP contribution in [0, 0.1) is 18.7 Å². The summed E-state index contributed by atoms with van der Waals surface area (Å²) >= 11 is 0. The molecule has 0 aliphatic carbocycles. The molecule has 0 saturated carbocycles. The molecule has 1 aromatic rings. The maximum Gasteiger partial charge on any atom is 0.123 e. The number of hydrogen-bond donors (Lipinski definition) is 1. The molecule has 1 fully saturated rings. The number of rotatable bonds is 2. The SMILES string of the molecule is Cc1cc(F)ccc1C[C@H]1CCCNC1.Cl. The predicted octanol–water partition coefficient (Wildman–Crippen LogP) is 3.10. The first-order valence-corrected chi connectivity index (χ1v) is 5.71. The Kier molecular flexibility index (Phi) is 5.23. The van der Waals surface area contributed by atoms with E-state index in [4.69, 9.17) is 0 Å². The van der Waals surface area contributed by atoms with Gasteiger partial charge in [0, 0.05) is 0 Å². The molecule has 1 heterocycles. The van der Waals surface area contributed by atoms with Crippen LogP contribution in [0.5, 0.6) is 0 Å². The van der Waals surface area contributed by atoms with Crippen LogP contribution in [0.15, 0.2) is 18.2 Å². The zero-order valence-electron chi connectivity index (χ0n) is 9.63. The first kappa shape index (κ1) is 13.5. The zero-order valence-corrected chi connectivity index (χ0v) is 10.4. The van der Waals surface area contributed by atoms with Gasteiger partial charge in [0.2, 0.25) is 0 Å². The summed E-state index contributed by atoms with van der Waals surface area (Å²) < 4.78 is 12.9. The summed E-state index contributed by atoms with van der Waals surface area (Å²) in [4.78, 5) is 0. The van der Waals surface area contributed by atoms with Gasteiger partial charge >= 0.3 is 0 Å². The van der Waals surface area contributed by atoms with Crippen molar-refractivity contribution in [3.05, 3.63) is 35.1 Å².